The van der Waals surface area contributed by atoms with E-state index in [2.05, 4.69) is 4.98 Å². The molecule has 0 radical (unpaired) electrons. The van der Waals surface area contributed by atoms with Crippen LogP contribution in [0.15, 0.2) is 76.6 Å². The smallest absolute Gasteiger partial charge is 0.296 e. The zero-order valence-electron chi connectivity index (χ0n) is 16.6. The molecule has 4 aromatic rings. The fourth-order valence-electron chi connectivity index (χ4n) is 3.69. The van der Waals surface area contributed by atoms with Gasteiger partial charge in [0, 0.05) is 0 Å². The number of anilines is 1. The molecule has 7 nitrogen and oxygen atoms in total. The number of hydrogen-bond acceptors (Lipinski definition) is 7. The van der Waals surface area contributed by atoms with E-state index in [9.17, 15) is 19.1 Å². The number of ketones is 1. The van der Waals surface area contributed by atoms with E-state index in [1.165, 1.54) is 42.5 Å². The molecular weight excluding hydrogens is 435 g/mol. The van der Waals surface area contributed by atoms with E-state index in [0.717, 1.165) is 11.3 Å². The predicted molar refractivity (Wildman–Crippen MR) is 115 cm³/mol. The number of fused-ring (bicyclic) bond motifs is 1. The number of halogens is 1. The highest BCUT2D eigenvalue weighted by atomic mass is 32.1. The highest BCUT2D eigenvalue weighted by molar-refractivity contribution is 7.22. The second-order valence-electron chi connectivity index (χ2n) is 7.03. The van der Waals surface area contributed by atoms with Crippen LogP contribution in [0, 0.1) is 5.82 Å². The van der Waals surface area contributed by atoms with Crippen molar-refractivity contribution < 1.29 is 28.2 Å². The number of carbonyl (C=O) groups excluding carboxylic acids is 2. The molecule has 1 aliphatic heterocycles. The van der Waals surface area contributed by atoms with E-state index in [1.54, 1.807) is 30.3 Å². The molecule has 1 amide bonds. The average Bonchev–Trinajstić information content (AvgIpc) is 3.52. The van der Waals surface area contributed by atoms with E-state index < -0.39 is 29.3 Å². The van der Waals surface area contributed by atoms with E-state index in [4.69, 9.17) is 9.15 Å². The van der Waals surface area contributed by atoms with E-state index in [0.29, 0.717) is 21.5 Å². The van der Waals surface area contributed by atoms with Gasteiger partial charge in [-0.25, -0.2) is 9.37 Å². The van der Waals surface area contributed by atoms with Crippen LogP contribution in [-0.2, 0) is 4.79 Å². The fourth-order valence-corrected chi connectivity index (χ4v) is 4.71. The number of thiazole rings is 1. The minimum Gasteiger partial charge on any atom is -0.503 e. The van der Waals surface area contributed by atoms with Gasteiger partial charge in [0.05, 0.1) is 35.2 Å². The fraction of sp³-hybridized carbons (Fsp3) is 0.0870. The van der Waals surface area contributed by atoms with Gasteiger partial charge >= 0.3 is 0 Å². The Hall–Kier alpha value is -3.98. The summed E-state index contributed by atoms with van der Waals surface area (Å²) in [4.78, 5) is 32.1. The maximum atomic E-state index is 13.7. The third kappa shape index (κ3) is 3.14. The van der Waals surface area contributed by atoms with Crippen molar-refractivity contribution in [2.45, 2.75) is 6.04 Å². The number of aliphatic hydroxyl groups is 1. The molecule has 3 heterocycles. The number of Topliss-reactive ketones (excluding diaryl/α,β-unsaturated/α-hetero) is 1. The number of rotatable bonds is 5. The number of hydrogen-bond donors (Lipinski definition) is 1. The molecule has 32 heavy (non-hydrogen) atoms. The van der Waals surface area contributed by atoms with Crippen LogP contribution in [0.5, 0.6) is 5.75 Å². The van der Waals surface area contributed by atoms with E-state index >= 15 is 0 Å². The lowest BCUT2D eigenvalue weighted by molar-refractivity contribution is -0.117. The molecule has 1 N–H and O–H groups in total. The lowest BCUT2D eigenvalue weighted by Gasteiger charge is -2.24. The largest absolute Gasteiger partial charge is 0.503 e. The maximum Gasteiger partial charge on any atom is 0.296 e. The van der Waals surface area contributed by atoms with Gasteiger partial charge in [-0.1, -0.05) is 23.5 Å². The maximum absolute atomic E-state index is 13.7. The Morgan fingerprint density at radius 3 is 2.81 bits per heavy atom. The third-order valence-corrected chi connectivity index (χ3v) is 6.17. The minimum absolute atomic E-state index is 0.0135. The molecule has 0 aliphatic carbocycles. The van der Waals surface area contributed by atoms with Crippen LogP contribution in [0.2, 0.25) is 0 Å². The molecule has 2 aromatic carbocycles. The highest BCUT2D eigenvalue weighted by Gasteiger charge is 2.46. The quantitative estimate of drug-likeness (QED) is 0.438. The van der Waals surface area contributed by atoms with Crippen molar-refractivity contribution in [3.8, 4) is 5.75 Å². The van der Waals surface area contributed by atoms with Crippen LogP contribution in [0.4, 0.5) is 9.52 Å². The molecule has 0 spiro atoms. The molecule has 1 atom stereocenters. The van der Waals surface area contributed by atoms with Crippen molar-refractivity contribution in [3.63, 3.8) is 0 Å². The molecule has 0 bridgehead atoms. The Morgan fingerprint density at radius 2 is 2.06 bits per heavy atom. The summed E-state index contributed by atoms with van der Waals surface area (Å²) in [6.07, 6.45) is 1.34. The Labute approximate surface area is 185 Å². The minimum atomic E-state index is -0.986. The number of amides is 1. The van der Waals surface area contributed by atoms with Gasteiger partial charge in [-0.05, 0) is 48.0 Å². The molecule has 9 heteroatoms. The lowest BCUT2D eigenvalue weighted by atomic mass is 9.95. The van der Waals surface area contributed by atoms with Crippen molar-refractivity contribution in [2.24, 2.45) is 0 Å². The molecule has 1 aliphatic rings. The number of carbonyl (C=O) groups is 2. The summed E-state index contributed by atoms with van der Waals surface area (Å²) in [5.41, 5.74) is 0.889. The zero-order chi connectivity index (χ0) is 22.4. The van der Waals surface area contributed by atoms with Crippen molar-refractivity contribution in [1.82, 2.24) is 4.98 Å². The highest BCUT2D eigenvalue weighted by Crippen LogP contribution is 2.44. The van der Waals surface area contributed by atoms with Crippen molar-refractivity contribution in [1.29, 1.82) is 0 Å². The number of aliphatic hydroxyl groups excluding tert-OH is 1. The summed E-state index contributed by atoms with van der Waals surface area (Å²) < 4.78 is 24.7. The number of nitrogens with zero attached hydrogens (tertiary/aromatic N) is 2. The number of aromatic nitrogens is 1. The summed E-state index contributed by atoms with van der Waals surface area (Å²) in [7, 11) is 1.50. The molecule has 160 valence electrons. The first-order chi connectivity index (χ1) is 15.5. The van der Waals surface area contributed by atoms with Gasteiger partial charge in [0.1, 0.15) is 11.6 Å². The summed E-state index contributed by atoms with van der Waals surface area (Å²) in [5, 5.41) is 11.0. The van der Waals surface area contributed by atoms with Crippen LogP contribution in [0.25, 0.3) is 10.2 Å². The first-order valence-corrected chi connectivity index (χ1v) is 10.3. The number of methoxy groups -OCH3 is 1. The number of benzene rings is 2. The normalized spacial score (nSPS) is 16.2. The molecular formula is C23H15FN2O5S. The summed E-state index contributed by atoms with van der Waals surface area (Å²) in [6.45, 7) is 0. The summed E-state index contributed by atoms with van der Waals surface area (Å²) in [5.74, 6) is -2.03. The van der Waals surface area contributed by atoms with Crippen LogP contribution < -0.4 is 9.64 Å². The van der Waals surface area contributed by atoms with Crippen LogP contribution in [0.3, 0.4) is 0 Å². The number of ether oxygens (including phenoxy) is 1. The third-order valence-electron chi connectivity index (χ3n) is 5.15. The van der Waals surface area contributed by atoms with Crippen molar-refractivity contribution in [3.05, 3.63) is 89.3 Å². The Kier molecular flexibility index (Phi) is 4.75. The molecule has 0 fully saturated rings. The van der Waals surface area contributed by atoms with Crippen molar-refractivity contribution >= 4 is 38.4 Å². The lowest BCUT2D eigenvalue weighted by Crippen LogP contribution is -2.31. The van der Waals surface area contributed by atoms with Gasteiger partial charge in [0.25, 0.3) is 5.91 Å². The Bertz CT molecular complexity index is 1390. The Balaban J connectivity index is 1.69. The van der Waals surface area contributed by atoms with Crippen molar-refractivity contribution in [2.75, 3.05) is 12.0 Å². The second-order valence-corrected chi connectivity index (χ2v) is 8.04. The van der Waals surface area contributed by atoms with Gasteiger partial charge in [-0.15, -0.1) is 0 Å². The van der Waals surface area contributed by atoms with Crippen LogP contribution in [-0.4, -0.2) is 28.9 Å². The average molecular weight is 450 g/mol. The first kappa shape index (κ1) is 20.0. The summed E-state index contributed by atoms with van der Waals surface area (Å²) >= 11 is 1.08. The molecule has 1 unspecified atom stereocenters. The molecule has 2 aromatic heterocycles. The predicted octanol–water partition coefficient (Wildman–Crippen LogP) is 4.82. The van der Waals surface area contributed by atoms with Gasteiger partial charge in [0.2, 0.25) is 5.78 Å². The van der Waals surface area contributed by atoms with Crippen LogP contribution in [0.1, 0.15) is 22.2 Å². The summed E-state index contributed by atoms with van der Waals surface area (Å²) in [6, 6.07) is 13.0. The topological polar surface area (TPSA) is 92.9 Å². The van der Waals surface area contributed by atoms with Gasteiger partial charge in [-0.2, -0.15) is 0 Å². The molecule has 0 saturated carbocycles. The first-order valence-electron chi connectivity index (χ1n) is 9.53. The van der Waals surface area contributed by atoms with E-state index in [-0.39, 0.29) is 16.5 Å². The Morgan fingerprint density at radius 1 is 1.22 bits per heavy atom. The SMILES string of the molecule is COc1cccc(C2C(C(=O)c3ccco3)=C(O)C(=O)N2c2nc3ccc(F)cc3s2)c1. The second kappa shape index (κ2) is 7.61. The zero-order valence-corrected chi connectivity index (χ0v) is 17.4. The monoisotopic (exact) mass is 450 g/mol. The van der Waals surface area contributed by atoms with Crippen LogP contribution >= 0.6 is 11.3 Å². The number of furan rings is 1. The van der Waals surface area contributed by atoms with E-state index in [1.807, 2.05) is 0 Å². The van der Waals surface area contributed by atoms with Gasteiger partial charge in [-0.3, -0.25) is 14.5 Å². The molecule has 0 saturated heterocycles. The van der Waals surface area contributed by atoms with Gasteiger partial charge < -0.3 is 14.3 Å². The standard InChI is InChI=1S/C23H15FN2O5S/c1-30-14-5-2-4-12(10-14)19-18(20(27)16-6-3-9-31-16)21(28)22(29)26(19)23-25-15-8-7-13(24)11-17(15)32-23/h2-11,19,28H,1H3. The molecule has 5 rings (SSSR count). The van der Waals surface area contributed by atoms with Gasteiger partial charge in [0.15, 0.2) is 16.7 Å².